The summed E-state index contributed by atoms with van der Waals surface area (Å²) in [5.74, 6) is 1.19. The number of aromatic nitrogens is 2. The van der Waals surface area contributed by atoms with Crippen LogP contribution in [0.5, 0.6) is 0 Å². The van der Waals surface area contributed by atoms with Gasteiger partial charge < -0.3 is 16.0 Å². The van der Waals surface area contributed by atoms with Crippen molar-refractivity contribution in [2.24, 2.45) is 5.73 Å². The Balaban J connectivity index is 2.47. The second-order valence-corrected chi connectivity index (χ2v) is 3.54. The van der Waals surface area contributed by atoms with Gasteiger partial charge in [0.2, 0.25) is 5.91 Å². The largest absolute Gasteiger partial charge is 0.366 e. The Hall–Kier alpha value is -1.69. The fourth-order valence-corrected chi connectivity index (χ4v) is 1.50. The second kappa shape index (κ2) is 3.47. The number of carbonyl (C=O) groups excluding carboxylic acids is 1. The van der Waals surface area contributed by atoms with Crippen LogP contribution in [0.1, 0.15) is 5.82 Å². The van der Waals surface area contributed by atoms with Gasteiger partial charge in [-0.05, 0) is 6.92 Å². The van der Waals surface area contributed by atoms with Crippen LogP contribution in [0, 0.1) is 6.92 Å². The number of amides is 1. The highest BCUT2D eigenvalue weighted by molar-refractivity contribution is 6.00. The number of aryl methyl sites for hydroxylation is 1. The Bertz CT molecular complexity index is 405. The van der Waals surface area contributed by atoms with Gasteiger partial charge in [0.1, 0.15) is 17.6 Å². The molecule has 1 atom stereocenters. The fourth-order valence-electron chi connectivity index (χ4n) is 1.50. The minimum Gasteiger partial charge on any atom is -0.366 e. The lowest BCUT2D eigenvalue weighted by molar-refractivity contribution is -0.119. The lowest BCUT2D eigenvalue weighted by Gasteiger charge is -2.17. The zero-order valence-corrected chi connectivity index (χ0v) is 8.69. The first kappa shape index (κ1) is 9.85. The molecule has 1 aromatic rings. The van der Waals surface area contributed by atoms with Gasteiger partial charge in [0.15, 0.2) is 5.82 Å². The third-order valence-corrected chi connectivity index (χ3v) is 2.39. The van der Waals surface area contributed by atoms with Crippen molar-refractivity contribution in [2.45, 2.75) is 13.0 Å². The van der Waals surface area contributed by atoms with E-state index in [1.54, 1.807) is 20.2 Å². The first-order valence-corrected chi connectivity index (χ1v) is 4.70. The molecule has 80 valence electrons. The molecule has 1 aliphatic heterocycles. The minimum absolute atomic E-state index is 0.131. The van der Waals surface area contributed by atoms with Crippen LogP contribution in [-0.2, 0) is 4.79 Å². The molecule has 1 aliphatic rings. The van der Waals surface area contributed by atoms with Crippen LogP contribution in [0.3, 0.4) is 0 Å². The lowest BCUT2D eigenvalue weighted by Crippen LogP contribution is -2.43. The summed E-state index contributed by atoms with van der Waals surface area (Å²) in [7, 11) is 1.67. The van der Waals surface area contributed by atoms with Gasteiger partial charge in [0.25, 0.3) is 0 Å². The van der Waals surface area contributed by atoms with Crippen molar-refractivity contribution >= 4 is 17.4 Å². The zero-order valence-electron chi connectivity index (χ0n) is 8.69. The smallest absolute Gasteiger partial charge is 0.245 e. The molecule has 6 heteroatoms. The molecule has 0 aromatic carbocycles. The Labute approximate surface area is 87.5 Å². The van der Waals surface area contributed by atoms with Crippen molar-refractivity contribution in [1.29, 1.82) is 0 Å². The molecular formula is C9H13N5O. The summed E-state index contributed by atoms with van der Waals surface area (Å²) in [4.78, 5) is 21.5. The van der Waals surface area contributed by atoms with Crippen molar-refractivity contribution in [1.82, 2.24) is 9.97 Å². The van der Waals surface area contributed by atoms with Crippen molar-refractivity contribution < 1.29 is 4.79 Å². The lowest BCUT2D eigenvalue weighted by atomic mass is 10.3. The molecule has 0 spiro atoms. The van der Waals surface area contributed by atoms with E-state index < -0.39 is 6.04 Å². The van der Waals surface area contributed by atoms with Crippen LogP contribution >= 0.6 is 0 Å². The van der Waals surface area contributed by atoms with Gasteiger partial charge in [-0.3, -0.25) is 4.79 Å². The first-order chi connectivity index (χ1) is 7.09. The van der Waals surface area contributed by atoms with Crippen LogP contribution < -0.4 is 16.0 Å². The van der Waals surface area contributed by atoms with E-state index in [-0.39, 0.29) is 5.91 Å². The standard InChI is InChI=1S/C9H13N5O/c1-5-11-4-7-8(13-5)12-3-6(10)9(15)14(7)2/h4,6H,3,10H2,1-2H3,(H,11,12,13)/t6-/m0/s1. The number of carbonyl (C=O) groups is 1. The van der Waals surface area contributed by atoms with Gasteiger partial charge in [-0.25, -0.2) is 9.97 Å². The SMILES string of the molecule is Cc1ncc2c(n1)NC[C@H](N)C(=O)N2C. The maximum atomic E-state index is 11.7. The van der Waals surface area contributed by atoms with E-state index >= 15 is 0 Å². The van der Waals surface area contributed by atoms with E-state index in [2.05, 4.69) is 15.3 Å². The Morgan fingerprint density at radius 3 is 3.13 bits per heavy atom. The van der Waals surface area contributed by atoms with Crippen LogP contribution in [-0.4, -0.2) is 35.5 Å². The van der Waals surface area contributed by atoms with E-state index in [9.17, 15) is 4.79 Å². The predicted octanol–water partition coefficient (Wildman–Crippen LogP) is -0.499. The van der Waals surface area contributed by atoms with E-state index in [4.69, 9.17) is 5.73 Å². The molecule has 0 bridgehead atoms. The number of likely N-dealkylation sites (N-methyl/N-ethyl adjacent to an activating group) is 1. The molecule has 1 amide bonds. The summed E-state index contributed by atoms with van der Waals surface area (Å²) in [5, 5.41) is 3.04. The molecule has 1 aromatic heterocycles. The third-order valence-electron chi connectivity index (χ3n) is 2.39. The maximum absolute atomic E-state index is 11.7. The summed E-state index contributed by atoms with van der Waals surface area (Å²) < 4.78 is 0. The van der Waals surface area contributed by atoms with Gasteiger partial charge in [-0.15, -0.1) is 0 Å². The van der Waals surface area contributed by atoms with E-state index in [1.165, 1.54) is 4.90 Å². The summed E-state index contributed by atoms with van der Waals surface area (Å²) in [6.45, 7) is 2.20. The van der Waals surface area contributed by atoms with Crippen molar-refractivity contribution in [3.05, 3.63) is 12.0 Å². The highest BCUT2D eigenvalue weighted by atomic mass is 16.2. The molecule has 2 heterocycles. The molecule has 0 fully saturated rings. The fraction of sp³-hybridized carbons (Fsp3) is 0.444. The van der Waals surface area contributed by atoms with Gasteiger partial charge in [0, 0.05) is 13.6 Å². The molecule has 0 unspecified atom stereocenters. The first-order valence-electron chi connectivity index (χ1n) is 4.70. The number of nitrogens with one attached hydrogen (secondary N) is 1. The quantitative estimate of drug-likeness (QED) is 0.599. The van der Waals surface area contributed by atoms with Crippen LogP contribution in [0.4, 0.5) is 11.5 Å². The average molecular weight is 207 g/mol. The third kappa shape index (κ3) is 1.63. The average Bonchev–Trinajstić information content (AvgIpc) is 2.32. The van der Waals surface area contributed by atoms with E-state index in [0.29, 0.717) is 23.9 Å². The van der Waals surface area contributed by atoms with Gasteiger partial charge in [-0.2, -0.15) is 0 Å². The summed E-state index contributed by atoms with van der Waals surface area (Å²) in [5.41, 5.74) is 6.35. The highest BCUT2D eigenvalue weighted by Crippen LogP contribution is 2.24. The number of rotatable bonds is 0. The minimum atomic E-state index is -0.537. The number of anilines is 2. The molecule has 0 saturated carbocycles. The molecule has 0 saturated heterocycles. The second-order valence-electron chi connectivity index (χ2n) is 3.54. The monoisotopic (exact) mass is 207 g/mol. The molecule has 15 heavy (non-hydrogen) atoms. The van der Waals surface area contributed by atoms with E-state index in [1.807, 2.05) is 0 Å². The van der Waals surface area contributed by atoms with Gasteiger partial charge in [0.05, 0.1) is 6.20 Å². The van der Waals surface area contributed by atoms with Gasteiger partial charge >= 0.3 is 0 Å². The molecule has 0 aliphatic carbocycles. The van der Waals surface area contributed by atoms with Crippen LogP contribution in [0.25, 0.3) is 0 Å². The van der Waals surface area contributed by atoms with Crippen LogP contribution in [0.15, 0.2) is 6.20 Å². The van der Waals surface area contributed by atoms with Crippen molar-refractivity contribution in [3.8, 4) is 0 Å². The number of nitrogens with two attached hydrogens (primary N) is 1. The van der Waals surface area contributed by atoms with Crippen molar-refractivity contribution in [2.75, 3.05) is 23.8 Å². The predicted molar refractivity (Wildman–Crippen MR) is 56.6 cm³/mol. The van der Waals surface area contributed by atoms with Crippen LogP contribution in [0.2, 0.25) is 0 Å². The molecular weight excluding hydrogens is 194 g/mol. The van der Waals surface area contributed by atoms with E-state index in [0.717, 1.165) is 0 Å². The molecule has 3 N–H and O–H groups in total. The normalized spacial score (nSPS) is 20.6. The van der Waals surface area contributed by atoms with Gasteiger partial charge in [-0.1, -0.05) is 0 Å². The number of hydrogen-bond donors (Lipinski definition) is 2. The maximum Gasteiger partial charge on any atom is 0.245 e. The highest BCUT2D eigenvalue weighted by Gasteiger charge is 2.25. The zero-order chi connectivity index (χ0) is 11.0. The molecule has 0 radical (unpaired) electrons. The summed E-state index contributed by atoms with van der Waals surface area (Å²) in [6, 6.07) is -0.537. The summed E-state index contributed by atoms with van der Waals surface area (Å²) >= 11 is 0. The number of hydrogen-bond acceptors (Lipinski definition) is 5. The topological polar surface area (TPSA) is 84.1 Å². The van der Waals surface area contributed by atoms with Crippen molar-refractivity contribution in [3.63, 3.8) is 0 Å². The Kier molecular flexibility index (Phi) is 2.28. The number of nitrogens with zero attached hydrogens (tertiary/aromatic N) is 3. The Morgan fingerprint density at radius 1 is 1.67 bits per heavy atom. The summed E-state index contributed by atoms with van der Waals surface area (Å²) in [6.07, 6.45) is 1.63. The number of fused-ring (bicyclic) bond motifs is 1. The Morgan fingerprint density at radius 2 is 2.40 bits per heavy atom. The molecule has 6 nitrogen and oxygen atoms in total. The molecule has 2 rings (SSSR count).